The van der Waals surface area contributed by atoms with Gasteiger partial charge >= 0.3 is 8.56 Å². The van der Waals surface area contributed by atoms with E-state index >= 15 is 0 Å². The molecule has 1 aliphatic rings. The SMILES string of the molecule is CCC1CCCC(C)(CC)[Si]1(OC)OC. The molecule has 0 aliphatic carbocycles. The van der Waals surface area contributed by atoms with E-state index in [1.54, 1.807) is 0 Å². The molecule has 2 unspecified atom stereocenters. The van der Waals surface area contributed by atoms with Gasteiger partial charge in [0.2, 0.25) is 0 Å². The second kappa shape index (κ2) is 4.98. The molecule has 0 bridgehead atoms. The average Bonchev–Trinajstić information content (AvgIpc) is 2.28. The maximum Gasteiger partial charge on any atom is 0.346 e. The van der Waals surface area contributed by atoms with Crippen LogP contribution in [-0.4, -0.2) is 22.8 Å². The van der Waals surface area contributed by atoms with Crippen molar-refractivity contribution in [1.82, 2.24) is 0 Å². The molecule has 90 valence electrons. The molecule has 2 atom stereocenters. The lowest BCUT2D eigenvalue weighted by molar-refractivity contribution is 0.165. The fourth-order valence-corrected chi connectivity index (χ4v) is 8.35. The molecule has 1 rings (SSSR count). The van der Waals surface area contributed by atoms with Gasteiger partial charge in [-0.1, -0.05) is 33.6 Å². The normalized spacial score (nSPS) is 35.4. The second-order valence-corrected chi connectivity index (χ2v) is 9.16. The Morgan fingerprint density at radius 1 is 1.27 bits per heavy atom. The van der Waals surface area contributed by atoms with E-state index in [1.807, 2.05) is 14.2 Å². The fraction of sp³-hybridized carbons (Fsp3) is 1.00. The van der Waals surface area contributed by atoms with Crippen LogP contribution in [0.1, 0.15) is 52.9 Å². The summed E-state index contributed by atoms with van der Waals surface area (Å²) in [6.45, 7) is 6.91. The Labute approximate surface area is 95.6 Å². The zero-order valence-electron chi connectivity index (χ0n) is 10.9. The smallest absolute Gasteiger partial charge is 0.346 e. The van der Waals surface area contributed by atoms with E-state index in [1.165, 1.54) is 32.1 Å². The molecule has 1 aliphatic heterocycles. The first-order valence-electron chi connectivity index (χ1n) is 6.20. The van der Waals surface area contributed by atoms with E-state index in [0.717, 1.165) is 0 Å². The maximum absolute atomic E-state index is 5.95. The molecule has 0 aromatic rings. The minimum Gasteiger partial charge on any atom is -0.397 e. The first kappa shape index (κ1) is 13.2. The Hall–Kier alpha value is 0.137. The summed E-state index contributed by atoms with van der Waals surface area (Å²) in [5, 5.41) is 0.301. The Kier molecular flexibility index (Phi) is 4.38. The third-order valence-corrected chi connectivity index (χ3v) is 9.81. The highest BCUT2D eigenvalue weighted by molar-refractivity contribution is 6.72. The van der Waals surface area contributed by atoms with Gasteiger partial charge in [-0.2, -0.15) is 0 Å². The van der Waals surface area contributed by atoms with E-state index in [2.05, 4.69) is 20.8 Å². The zero-order chi connectivity index (χ0) is 11.5. The Balaban J connectivity index is 3.05. The van der Waals surface area contributed by atoms with E-state index in [9.17, 15) is 0 Å². The summed E-state index contributed by atoms with van der Waals surface area (Å²) < 4.78 is 11.9. The third kappa shape index (κ3) is 1.90. The van der Waals surface area contributed by atoms with Gasteiger partial charge in [0.05, 0.1) is 0 Å². The topological polar surface area (TPSA) is 18.5 Å². The van der Waals surface area contributed by atoms with E-state index in [0.29, 0.717) is 10.6 Å². The molecule has 0 aromatic heterocycles. The first-order valence-corrected chi connectivity index (χ1v) is 8.10. The third-order valence-electron chi connectivity index (χ3n) is 4.54. The van der Waals surface area contributed by atoms with Gasteiger partial charge in [-0.05, 0) is 19.3 Å². The number of hydrogen-bond acceptors (Lipinski definition) is 2. The molecule has 0 saturated carbocycles. The average molecular weight is 230 g/mol. The van der Waals surface area contributed by atoms with Gasteiger partial charge in [0, 0.05) is 24.8 Å². The van der Waals surface area contributed by atoms with Crippen molar-refractivity contribution in [3.63, 3.8) is 0 Å². The fourth-order valence-electron chi connectivity index (χ4n) is 3.40. The summed E-state index contributed by atoms with van der Waals surface area (Å²) in [4.78, 5) is 0. The minimum absolute atomic E-state index is 0.301. The molecule has 0 radical (unpaired) electrons. The molecule has 0 amide bonds. The summed E-state index contributed by atoms with van der Waals surface area (Å²) in [6.07, 6.45) is 6.28. The predicted octanol–water partition coefficient (Wildman–Crippen LogP) is 3.86. The van der Waals surface area contributed by atoms with Gasteiger partial charge in [0.15, 0.2) is 0 Å². The van der Waals surface area contributed by atoms with Gasteiger partial charge < -0.3 is 8.85 Å². The van der Waals surface area contributed by atoms with Crippen molar-refractivity contribution in [3.8, 4) is 0 Å². The van der Waals surface area contributed by atoms with E-state index in [-0.39, 0.29) is 0 Å². The molecule has 3 heteroatoms. The monoisotopic (exact) mass is 230 g/mol. The molecule has 1 fully saturated rings. The molecule has 15 heavy (non-hydrogen) atoms. The van der Waals surface area contributed by atoms with Crippen LogP contribution in [0.25, 0.3) is 0 Å². The molecular formula is C12H26O2Si. The highest BCUT2D eigenvalue weighted by atomic mass is 28.4. The Morgan fingerprint density at radius 2 is 1.87 bits per heavy atom. The molecule has 2 nitrogen and oxygen atoms in total. The van der Waals surface area contributed by atoms with Gasteiger partial charge in [0.25, 0.3) is 0 Å². The van der Waals surface area contributed by atoms with Crippen molar-refractivity contribution in [3.05, 3.63) is 0 Å². The van der Waals surface area contributed by atoms with E-state index < -0.39 is 8.56 Å². The van der Waals surface area contributed by atoms with E-state index in [4.69, 9.17) is 8.85 Å². The lowest BCUT2D eigenvalue weighted by Crippen LogP contribution is -2.56. The quantitative estimate of drug-likeness (QED) is 0.683. The highest BCUT2D eigenvalue weighted by Crippen LogP contribution is 2.57. The molecule has 0 spiro atoms. The van der Waals surface area contributed by atoms with Crippen LogP contribution in [0, 0.1) is 0 Å². The number of rotatable bonds is 4. The Morgan fingerprint density at radius 3 is 2.27 bits per heavy atom. The highest BCUT2D eigenvalue weighted by Gasteiger charge is 2.58. The first-order chi connectivity index (χ1) is 7.10. The zero-order valence-corrected chi connectivity index (χ0v) is 11.9. The number of hydrogen-bond donors (Lipinski definition) is 0. The van der Waals surface area contributed by atoms with Crippen LogP contribution >= 0.6 is 0 Å². The molecule has 1 heterocycles. The van der Waals surface area contributed by atoms with Gasteiger partial charge in [-0.25, -0.2) is 0 Å². The summed E-state index contributed by atoms with van der Waals surface area (Å²) in [6, 6.07) is 0. The van der Waals surface area contributed by atoms with Crippen molar-refractivity contribution in [2.45, 2.75) is 63.5 Å². The largest absolute Gasteiger partial charge is 0.397 e. The van der Waals surface area contributed by atoms with Gasteiger partial charge in [-0.15, -0.1) is 0 Å². The minimum atomic E-state index is -2.01. The van der Waals surface area contributed by atoms with Crippen LogP contribution < -0.4 is 0 Å². The lowest BCUT2D eigenvalue weighted by Gasteiger charge is -2.51. The van der Waals surface area contributed by atoms with Crippen molar-refractivity contribution in [2.75, 3.05) is 14.2 Å². The molecule has 0 aromatic carbocycles. The predicted molar refractivity (Wildman–Crippen MR) is 66.3 cm³/mol. The Bertz CT molecular complexity index is 204. The van der Waals surface area contributed by atoms with Crippen LogP contribution in [-0.2, 0) is 8.85 Å². The summed E-state index contributed by atoms with van der Waals surface area (Å²) in [5.41, 5.74) is 0.672. The van der Waals surface area contributed by atoms with Gasteiger partial charge in [0.1, 0.15) is 0 Å². The maximum atomic E-state index is 5.95. The molecule has 1 saturated heterocycles. The standard InChI is InChI=1S/C12H26O2Si/c1-6-11-9-8-10-12(3,7-2)15(11,13-4)14-5/h11H,6-10H2,1-5H3. The van der Waals surface area contributed by atoms with Crippen LogP contribution in [0.5, 0.6) is 0 Å². The van der Waals surface area contributed by atoms with Gasteiger partial charge in [-0.3, -0.25) is 0 Å². The van der Waals surface area contributed by atoms with Crippen molar-refractivity contribution in [2.24, 2.45) is 0 Å². The molecule has 0 N–H and O–H groups in total. The lowest BCUT2D eigenvalue weighted by atomic mass is 9.97. The summed E-state index contributed by atoms with van der Waals surface area (Å²) in [7, 11) is 1.70. The summed E-state index contributed by atoms with van der Waals surface area (Å²) in [5.74, 6) is 0. The second-order valence-electron chi connectivity index (χ2n) is 4.99. The van der Waals surface area contributed by atoms with Crippen molar-refractivity contribution < 1.29 is 8.85 Å². The van der Waals surface area contributed by atoms with Crippen molar-refractivity contribution in [1.29, 1.82) is 0 Å². The van der Waals surface area contributed by atoms with Crippen LogP contribution in [0.3, 0.4) is 0 Å². The van der Waals surface area contributed by atoms with Crippen LogP contribution in [0.15, 0.2) is 0 Å². The van der Waals surface area contributed by atoms with Crippen molar-refractivity contribution >= 4 is 8.56 Å². The van der Waals surface area contributed by atoms with Crippen LogP contribution in [0.2, 0.25) is 10.6 Å². The van der Waals surface area contributed by atoms with Crippen LogP contribution in [0.4, 0.5) is 0 Å². The molecular weight excluding hydrogens is 204 g/mol. The summed E-state index contributed by atoms with van der Waals surface area (Å²) >= 11 is 0.